The van der Waals surface area contributed by atoms with E-state index in [-0.39, 0.29) is 11.8 Å². The first kappa shape index (κ1) is 22.6. The van der Waals surface area contributed by atoms with Gasteiger partial charge in [0.2, 0.25) is 5.91 Å². The van der Waals surface area contributed by atoms with Gasteiger partial charge in [0, 0.05) is 21.3 Å². The van der Waals surface area contributed by atoms with Gasteiger partial charge in [-0.1, -0.05) is 27.5 Å². The van der Waals surface area contributed by atoms with Gasteiger partial charge in [0.05, 0.1) is 29.1 Å². The number of rotatable bonds is 8. The van der Waals surface area contributed by atoms with E-state index in [2.05, 4.69) is 31.5 Å². The fourth-order valence-corrected chi connectivity index (χ4v) is 4.48. The summed E-state index contributed by atoms with van der Waals surface area (Å²) in [5.41, 5.74) is 1.87. The number of aromatic nitrogens is 1. The smallest absolute Gasteiger partial charge is 0.258 e. The molecule has 6 nitrogen and oxygen atoms in total. The maximum absolute atomic E-state index is 12.4. The van der Waals surface area contributed by atoms with Gasteiger partial charge in [0.1, 0.15) is 5.75 Å². The Morgan fingerprint density at radius 3 is 2.70 bits per heavy atom. The lowest BCUT2D eigenvalue weighted by Gasteiger charge is -2.06. The summed E-state index contributed by atoms with van der Waals surface area (Å²) >= 11 is 12.2. The zero-order chi connectivity index (χ0) is 21.5. The molecule has 0 unspecified atom stereocenters. The molecule has 0 bridgehead atoms. The van der Waals surface area contributed by atoms with Crippen molar-refractivity contribution < 1.29 is 14.3 Å². The molecule has 0 spiro atoms. The molecule has 0 fully saturated rings. The minimum Gasteiger partial charge on any atom is -0.497 e. The lowest BCUT2D eigenvalue weighted by atomic mass is 10.2. The van der Waals surface area contributed by atoms with Crippen LogP contribution in [0.1, 0.15) is 16.1 Å². The van der Waals surface area contributed by atoms with Crippen molar-refractivity contribution in [1.29, 1.82) is 0 Å². The van der Waals surface area contributed by atoms with Gasteiger partial charge in [-0.05, 0) is 42.5 Å². The number of hydrogen-bond donors (Lipinski definition) is 2. The normalized spacial score (nSPS) is 10.5. The zero-order valence-electron chi connectivity index (χ0n) is 15.8. The second kappa shape index (κ2) is 10.8. The average molecular weight is 527 g/mol. The predicted molar refractivity (Wildman–Crippen MR) is 127 cm³/mol. The molecule has 156 valence electrons. The monoisotopic (exact) mass is 525 g/mol. The first-order chi connectivity index (χ1) is 14.4. The lowest BCUT2D eigenvalue weighted by molar-refractivity contribution is -0.113. The van der Waals surface area contributed by atoms with Crippen molar-refractivity contribution in [3.63, 3.8) is 0 Å². The minimum atomic E-state index is -0.325. The van der Waals surface area contributed by atoms with E-state index in [0.29, 0.717) is 32.9 Å². The molecule has 10 heteroatoms. The number of thiazole rings is 1. The van der Waals surface area contributed by atoms with E-state index in [1.54, 1.807) is 49.6 Å². The molecule has 3 rings (SSSR count). The Morgan fingerprint density at radius 2 is 1.97 bits per heavy atom. The number of carbonyl (C=O) groups is 2. The van der Waals surface area contributed by atoms with Crippen LogP contribution in [0.5, 0.6) is 5.75 Å². The molecule has 0 saturated heterocycles. The molecule has 0 saturated carbocycles. The number of halogens is 2. The molecule has 1 aromatic heterocycles. The third kappa shape index (κ3) is 6.46. The van der Waals surface area contributed by atoms with E-state index in [1.165, 1.54) is 23.1 Å². The van der Waals surface area contributed by atoms with Crippen LogP contribution in [-0.4, -0.2) is 29.7 Å². The van der Waals surface area contributed by atoms with E-state index in [9.17, 15) is 9.59 Å². The Hall–Kier alpha value is -2.07. The summed E-state index contributed by atoms with van der Waals surface area (Å²) in [5, 5.41) is 8.29. The van der Waals surface area contributed by atoms with Gasteiger partial charge in [0.25, 0.3) is 5.91 Å². The van der Waals surface area contributed by atoms with Crippen LogP contribution in [0.4, 0.5) is 10.8 Å². The molecule has 0 aliphatic rings. The van der Waals surface area contributed by atoms with Crippen molar-refractivity contribution in [3.8, 4) is 5.75 Å². The average Bonchev–Trinajstić information content (AvgIpc) is 3.17. The largest absolute Gasteiger partial charge is 0.497 e. The molecule has 2 amide bonds. The van der Waals surface area contributed by atoms with Crippen LogP contribution in [0.15, 0.2) is 52.3 Å². The summed E-state index contributed by atoms with van der Waals surface area (Å²) in [7, 11) is 1.59. The number of benzene rings is 2. The van der Waals surface area contributed by atoms with Crippen molar-refractivity contribution in [2.24, 2.45) is 0 Å². The zero-order valence-corrected chi connectivity index (χ0v) is 19.8. The highest BCUT2D eigenvalue weighted by Gasteiger charge is 2.13. The maximum Gasteiger partial charge on any atom is 0.258 e. The highest BCUT2D eigenvalue weighted by atomic mass is 79.9. The van der Waals surface area contributed by atoms with Crippen molar-refractivity contribution in [2.75, 3.05) is 23.5 Å². The van der Waals surface area contributed by atoms with E-state index in [1.807, 2.05) is 5.38 Å². The Bertz CT molecular complexity index is 1040. The van der Waals surface area contributed by atoms with E-state index in [0.717, 1.165) is 15.9 Å². The van der Waals surface area contributed by atoms with Crippen molar-refractivity contribution in [3.05, 3.63) is 68.6 Å². The second-order valence-electron chi connectivity index (χ2n) is 5.99. The number of ether oxygens (including phenoxy) is 1. The number of nitrogens with zero attached hydrogens (tertiary/aromatic N) is 1. The van der Waals surface area contributed by atoms with Gasteiger partial charge >= 0.3 is 0 Å². The topological polar surface area (TPSA) is 80.3 Å². The van der Waals surface area contributed by atoms with E-state index < -0.39 is 0 Å². The standard InChI is InChI=1S/C20H17BrClN3O3S2/c1-28-15-5-3-13(4-6-15)23-18(26)11-29-9-14-10-30-20(24-14)25-19(27)16-8-12(21)2-7-17(16)22/h2-8,10H,9,11H2,1H3,(H,23,26)(H,24,25,27). The van der Waals surface area contributed by atoms with Crippen LogP contribution >= 0.6 is 50.6 Å². The summed E-state index contributed by atoms with van der Waals surface area (Å²) < 4.78 is 5.86. The fraction of sp³-hybridized carbons (Fsp3) is 0.150. The van der Waals surface area contributed by atoms with Gasteiger partial charge < -0.3 is 10.1 Å². The molecule has 3 aromatic rings. The molecule has 2 aromatic carbocycles. The molecular formula is C20H17BrClN3O3S2. The van der Waals surface area contributed by atoms with Gasteiger partial charge in [-0.2, -0.15) is 0 Å². The predicted octanol–water partition coefficient (Wildman–Crippen LogP) is 5.69. The Kier molecular flexibility index (Phi) is 8.15. The molecule has 0 radical (unpaired) electrons. The van der Waals surface area contributed by atoms with Crippen LogP contribution in [0.2, 0.25) is 5.02 Å². The Labute approximate surface area is 195 Å². The molecule has 1 heterocycles. The summed E-state index contributed by atoms with van der Waals surface area (Å²) in [4.78, 5) is 28.9. The second-order valence-corrected chi connectivity index (χ2v) is 9.16. The molecule has 0 aliphatic carbocycles. The molecule has 2 N–H and O–H groups in total. The number of methoxy groups -OCH3 is 1. The van der Waals surface area contributed by atoms with E-state index >= 15 is 0 Å². The highest BCUT2D eigenvalue weighted by Crippen LogP contribution is 2.24. The quantitative estimate of drug-likeness (QED) is 0.394. The van der Waals surface area contributed by atoms with Gasteiger partial charge in [-0.15, -0.1) is 23.1 Å². The Morgan fingerprint density at radius 1 is 1.20 bits per heavy atom. The summed E-state index contributed by atoms with van der Waals surface area (Å²) in [5.74, 6) is 1.15. The third-order valence-electron chi connectivity index (χ3n) is 3.80. The first-order valence-electron chi connectivity index (χ1n) is 8.67. The van der Waals surface area contributed by atoms with Crippen LogP contribution in [0.25, 0.3) is 0 Å². The molecule has 0 atom stereocenters. The maximum atomic E-state index is 12.4. The summed E-state index contributed by atoms with van der Waals surface area (Å²) in [6.07, 6.45) is 0. The SMILES string of the molecule is COc1ccc(NC(=O)CSCc2csc(NC(=O)c3cc(Br)ccc3Cl)n2)cc1. The number of nitrogens with one attached hydrogen (secondary N) is 2. The lowest BCUT2D eigenvalue weighted by Crippen LogP contribution is -2.14. The van der Waals surface area contributed by atoms with Crippen LogP contribution in [-0.2, 0) is 10.5 Å². The number of hydrogen-bond acceptors (Lipinski definition) is 6. The summed E-state index contributed by atoms with van der Waals surface area (Å²) in [6, 6.07) is 12.2. The number of carbonyl (C=O) groups excluding carboxylic acids is 2. The van der Waals surface area contributed by atoms with Gasteiger partial charge in [-0.25, -0.2) is 4.98 Å². The number of thioether (sulfide) groups is 1. The van der Waals surface area contributed by atoms with Crippen molar-refractivity contribution in [2.45, 2.75) is 5.75 Å². The highest BCUT2D eigenvalue weighted by molar-refractivity contribution is 9.10. The fourth-order valence-electron chi connectivity index (χ4n) is 2.39. The Balaban J connectivity index is 1.46. The number of amides is 2. The van der Waals surface area contributed by atoms with Crippen LogP contribution < -0.4 is 15.4 Å². The van der Waals surface area contributed by atoms with Crippen molar-refractivity contribution >= 4 is 73.3 Å². The van der Waals surface area contributed by atoms with E-state index in [4.69, 9.17) is 16.3 Å². The van der Waals surface area contributed by atoms with Crippen LogP contribution in [0.3, 0.4) is 0 Å². The number of anilines is 2. The first-order valence-corrected chi connectivity index (χ1v) is 11.9. The summed E-state index contributed by atoms with van der Waals surface area (Å²) in [6.45, 7) is 0. The third-order valence-corrected chi connectivity index (χ3v) is 6.40. The van der Waals surface area contributed by atoms with Crippen LogP contribution in [0, 0.1) is 0 Å². The van der Waals surface area contributed by atoms with Gasteiger partial charge in [-0.3, -0.25) is 14.9 Å². The van der Waals surface area contributed by atoms with Crippen molar-refractivity contribution in [1.82, 2.24) is 4.98 Å². The molecule has 0 aliphatic heterocycles. The molecular weight excluding hydrogens is 510 g/mol. The van der Waals surface area contributed by atoms with Gasteiger partial charge in [0.15, 0.2) is 5.13 Å². The molecule has 30 heavy (non-hydrogen) atoms. The minimum absolute atomic E-state index is 0.0989.